The maximum Gasteiger partial charge on any atom is 0.364 e. The zero-order chi connectivity index (χ0) is 34.7. The number of amides is 2. The van der Waals surface area contributed by atoms with Crippen molar-refractivity contribution in [2.75, 3.05) is 19.8 Å². The number of carbonyl (C=O) groups is 3. The van der Waals surface area contributed by atoms with Gasteiger partial charge in [0.25, 0.3) is 5.79 Å². The molecule has 0 saturated carbocycles. The number of ether oxygens (including phenoxy) is 5. The van der Waals surface area contributed by atoms with Crippen LogP contribution >= 0.6 is 0 Å². The van der Waals surface area contributed by atoms with Crippen LogP contribution in [0.25, 0.3) is 0 Å². The molecule has 0 aliphatic carbocycles. The predicted molar refractivity (Wildman–Crippen MR) is 142 cm³/mol. The van der Waals surface area contributed by atoms with Crippen molar-refractivity contribution in [2.24, 2.45) is 0 Å². The zero-order valence-corrected chi connectivity index (χ0v) is 24.7. The molecule has 266 valence electrons. The van der Waals surface area contributed by atoms with Crippen LogP contribution in [0.4, 0.5) is 0 Å². The minimum atomic E-state index is -3.04. The summed E-state index contributed by atoms with van der Waals surface area (Å²) in [5, 5.41) is 118. The first kappa shape index (κ1) is 38.3. The topological polar surface area (TPSA) is 344 Å². The first-order chi connectivity index (χ1) is 21.5. The van der Waals surface area contributed by atoms with Gasteiger partial charge in [-0.15, -0.1) is 0 Å². The van der Waals surface area contributed by atoms with Crippen LogP contribution in [0.5, 0.6) is 0 Å². The van der Waals surface area contributed by atoms with Crippen LogP contribution in [0.1, 0.15) is 20.3 Å². The van der Waals surface area contributed by atoms with Gasteiger partial charge in [-0.25, -0.2) is 4.79 Å². The van der Waals surface area contributed by atoms with Crippen molar-refractivity contribution in [1.29, 1.82) is 0 Å². The maximum absolute atomic E-state index is 12.6. The summed E-state index contributed by atoms with van der Waals surface area (Å²) >= 11 is 0. The van der Waals surface area contributed by atoms with E-state index in [0.29, 0.717) is 0 Å². The molecule has 0 aromatic rings. The standard InChI is InChI=1S/C25H42N2O19/c1-7(31)26-13-9(33)3-25(24(40)41,45-20(13)15(35)10(34)4-28)46-21-16(36)11(5-29)43-23(18(21)38)44-19-12(6-30)42-22(39)14(17(19)37)27-8(2)32/h9-23,28-30,33-39H,3-6H2,1-2H3,(H,26,31)(H,27,32)(H,40,41)/t9-,10-,11+,12+,13-,14+,15-,16+,17-,18+,19-,20-,21+,22-,23+,25+/m0/s1. The van der Waals surface area contributed by atoms with Gasteiger partial charge >= 0.3 is 5.97 Å². The SMILES string of the molecule is CC(=O)N[C@@H]1[C@@H]([C@@H](O)[C@@H](O)CO)O[C@](O[C@H]2[C@@H](O)[C@@H](O[C@@H]3[C@@H](O)[C@@H](NC(C)=O)[C@@H](O)O[C@@H]3CO)O[C@H](CO)[C@H]2O)(C(=O)O)C[C@@H]1O. The van der Waals surface area contributed by atoms with Crippen LogP contribution in [0, 0.1) is 0 Å². The smallest absolute Gasteiger partial charge is 0.364 e. The fourth-order valence-corrected chi connectivity index (χ4v) is 5.57. The van der Waals surface area contributed by atoms with Gasteiger partial charge < -0.3 is 90.5 Å². The lowest BCUT2D eigenvalue weighted by Crippen LogP contribution is -2.71. The van der Waals surface area contributed by atoms with E-state index < -0.39 is 142 Å². The van der Waals surface area contributed by atoms with Gasteiger partial charge in [-0.3, -0.25) is 9.59 Å². The Kier molecular flexibility index (Phi) is 13.1. The van der Waals surface area contributed by atoms with Crippen LogP contribution in [0.2, 0.25) is 0 Å². The number of hydrogen-bond acceptors (Lipinski definition) is 18. The summed E-state index contributed by atoms with van der Waals surface area (Å²) in [6, 6.07) is -3.05. The van der Waals surface area contributed by atoms with E-state index in [0.717, 1.165) is 13.8 Å². The fourth-order valence-electron chi connectivity index (χ4n) is 5.57. The minimum Gasteiger partial charge on any atom is -0.477 e. The summed E-state index contributed by atoms with van der Waals surface area (Å²) in [4.78, 5) is 36.0. The third-order valence-electron chi connectivity index (χ3n) is 7.87. The first-order valence-corrected chi connectivity index (χ1v) is 14.2. The monoisotopic (exact) mass is 674 g/mol. The molecule has 0 spiro atoms. The largest absolute Gasteiger partial charge is 0.477 e. The Morgan fingerprint density at radius 1 is 0.848 bits per heavy atom. The van der Waals surface area contributed by atoms with E-state index in [2.05, 4.69) is 10.6 Å². The Hall–Kier alpha value is -2.19. The molecule has 21 heteroatoms. The number of rotatable bonds is 12. The lowest BCUT2D eigenvalue weighted by Gasteiger charge is -2.50. The molecular weight excluding hydrogens is 632 g/mol. The first-order valence-electron chi connectivity index (χ1n) is 14.2. The van der Waals surface area contributed by atoms with Crippen molar-refractivity contribution in [1.82, 2.24) is 10.6 Å². The fraction of sp³-hybridized carbons (Fsp3) is 0.880. The molecule has 3 saturated heterocycles. The molecule has 21 nitrogen and oxygen atoms in total. The van der Waals surface area contributed by atoms with Crippen LogP contribution in [-0.2, 0) is 38.1 Å². The average molecular weight is 675 g/mol. The van der Waals surface area contributed by atoms with Gasteiger partial charge in [-0.05, 0) is 0 Å². The van der Waals surface area contributed by atoms with Gasteiger partial charge in [0.05, 0.1) is 32.0 Å². The summed E-state index contributed by atoms with van der Waals surface area (Å²) < 4.78 is 27.4. The number of aliphatic hydroxyl groups is 10. The molecule has 0 aromatic carbocycles. The molecule has 2 amide bonds. The highest BCUT2D eigenvalue weighted by atomic mass is 16.8. The maximum atomic E-state index is 12.6. The molecule has 13 N–H and O–H groups in total. The van der Waals surface area contributed by atoms with Crippen molar-refractivity contribution < 1.29 is 94.2 Å². The number of aliphatic hydroxyl groups excluding tert-OH is 10. The summed E-state index contributed by atoms with van der Waals surface area (Å²) in [6.07, 6.45) is -25.7. The molecule has 0 aromatic heterocycles. The van der Waals surface area contributed by atoms with Gasteiger partial charge in [0.1, 0.15) is 67.1 Å². The van der Waals surface area contributed by atoms with E-state index in [-0.39, 0.29) is 0 Å². The Bertz CT molecular complexity index is 1050. The zero-order valence-electron chi connectivity index (χ0n) is 24.7. The minimum absolute atomic E-state index is 0.692. The number of nitrogens with one attached hydrogen (secondary N) is 2. The third-order valence-corrected chi connectivity index (χ3v) is 7.87. The average Bonchev–Trinajstić information content (AvgIpc) is 2.99. The second-order valence-corrected chi connectivity index (χ2v) is 11.2. The number of carboxylic acids is 1. The summed E-state index contributed by atoms with van der Waals surface area (Å²) in [7, 11) is 0. The molecular formula is C25H42N2O19. The third kappa shape index (κ3) is 8.08. The van der Waals surface area contributed by atoms with Gasteiger partial charge in [-0.2, -0.15) is 0 Å². The molecule has 0 radical (unpaired) electrons. The predicted octanol–water partition coefficient (Wildman–Crippen LogP) is -8.08. The van der Waals surface area contributed by atoms with Crippen LogP contribution < -0.4 is 10.6 Å². The molecule has 3 rings (SSSR count). The van der Waals surface area contributed by atoms with E-state index in [1.54, 1.807) is 0 Å². The summed E-state index contributed by atoms with van der Waals surface area (Å²) in [5.74, 6) is -6.46. The van der Waals surface area contributed by atoms with E-state index >= 15 is 0 Å². The number of aliphatic carboxylic acids is 1. The number of carboxylic acid groups (broad SMARTS) is 1. The molecule has 3 aliphatic heterocycles. The van der Waals surface area contributed by atoms with Gasteiger partial charge in [0, 0.05) is 20.3 Å². The van der Waals surface area contributed by atoms with E-state index in [1.165, 1.54) is 0 Å². The quantitative estimate of drug-likeness (QED) is 0.0913. The molecule has 46 heavy (non-hydrogen) atoms. The lowest BCUT2D eigenvalue weighted by atomic mass is 9.88. The highest BCUT2D eigenvalue weighted by molar-refractivity contribution is 5.76. The van der Waals surface area contributed by atoms with Gasteiger partial charge in [0.2, 0.25) is 11.8 Å². The highest BCUT2D eigenvalue weighted by Crippen LogP contribution is 2.38. The van der Waals surface area contributed by atoms with Crippen LogP contribution in [-0.4, -0.2) is 191 Å². The second-order valence-electron chi connectivity index (χ2n) is 11.2. The molecule has 0 unspecified atom stereocenters. The van der Waals surface area contributed by atoms with Crippen LogP contribution in [0.15, 0.2) is 0 Å². The number of carbonyl (C=O) groups excluding carboxylic acids is 2. The van der Waals surface area contributed by atoms with Crippen molar-refractivity contribution >= 4 is 17.8 Å². The summed E-state index contributed by atoms with van der Waals surface area (Å²) in [5.41, 5.74) is 0. The molecule has 0 bridgehead atoms. The van der Waals surface area contributed by atoms with Gasteiger partial charge in [-0.1, -0.05) is 0 Å². The van der Waals surface area contributed by atoms with Crippen molar-refractivity contribution in [2.45, 2.75) is 118 Å². The van der Waals surface area contributed by atoms with E-state index in [1.807, 2.05) is 0 Å². The molecule has 16 atom stereocenters. The number of hydrogen-bond donors (Lipinski definition) is 13. The Labute approximate surface area is 260 Å². The van der Waals surface area contributed by atoms with Crippen molar-refractivity contribution in [3.05, 3.63) is 0 Å². The highest BCUT2D eigenvalue weighted by Gasteiger charge is 2.60. The Morgan fingerprint density at radius 2 is 1.43 bits per heavy atom. The Morgan fingerprint density at radius 3 is 1.96 bits per heavy atom. The lowest BCUT2D eigenvalue weighted by molar-refractivity contribution is -0.382. The molecule has 3 heterocycles. The second kappa shape index (κ2) is 15.8. The van der Waals surface area contributed by atoms with E-state index in [4.69, 9.17) is 23.7 Å². The summed E-state index contributed by atoms with van der Waals surface area (Å²) in [6.45, 7) is -0.789. The van der Waals surface area contributed by atoms with Crippen LogP contribution in [0.3, 0.4) is 0 Å². The van der Waals surface area contributed by atoms with Gasteiger partial charge in [0.15, 0.2) is 12.6 Å². The van der Waals surface area contributed by atoms with Crippen molar-refractivity contribution in [3.63, 3.8) is 0 Å². The molecule has 3 aliphatic rings. The Balaban J connectivity index is 1.95. The van der Waals surface area contributed by atoms with Crippen molar-refractivity contribution in [3.8, 4) is 0 Å². The molecule has 3 fully saturated rings. The normalized spacial score (nSPS) is 42.9. The van der Waals surface area contributed by atoms with E-state index in [9.17, 15) is 70.6 Å².